The number of piperidine rings is 1. The number of hydrogen-bond donors (Lipinski definition) is 1. The number of hydrogen-bond acceptors (Lipinski definition) is 4. The summed E-state index contributed by atoms with van der Waals surface area (Å²) in [4.78, 5) is 19.3. The summed E-state index contributed by atoms with van der Waals surface area (Å²) in [5.41, 5.74) is 0.516. The van der Waals surface area contributed by atoms with Gasteiger partial charge in [-0.1, -0.05) is 36.5 Å². The predicted octanol–water partition coefficient (Wildman–Crippen LogP) is 5.80. The molecule has 4 nitrogen and oxygen atoms in total. The summed E-state index contributed by atoms with van der Waals surface area (Å²) in [6, 6.07) is 10.7. The molecular weight excluding hydrogens is 411 g/mol. The molecule has 2 heterocycles. The van der Waals surface area contributed by atoms with E-state index in [4.69, 9.17) is 0 Å². The Morgan fingerprint density at radius 3 is 2.67 bits per heavy atom. The predicted molar refractivity (Wildman–Crippen MR) is 113 cm³/mol. The van der Waals surface area contributed by atoms with Crippen molar-refractivity contribution in [2.45, 2.75) is 32.5 Å². The Labute approximate surface area is 176 Å². The number of halogens is 3. The summed E-state index contributed by atoms with van der Waals surface area (Å²) in [6.07, 6.45) is -2.18. The van der Waals surface area contributed by atoms with Crippen LogP contribution in [0.4, 0.5) is 18.3 Å². The van der Waals surface area contributed by atoms with E-state index in [-0.39, 0.29) is 5.13 Å². The van der Waals surface area contributed by atoms with E-state index in [1.807, 2.05) is 18.2 Å². The molecular formula is C22H22F3N3OS. The number of anilines is 1. The maximum atomic E-state index is 13.2. The number of benzene rings is 2. The van der Waals surface area contributed by atoms with Crippen LogP contribution in [0, 0.1) is 5.92 Å². The Balaban J connectivity index is 1.50. The van der Waals surface area contributed by atoms with Crippen LogP contribution in [0.3, 0.4) is 0 Å². The third kappa shape index (κ3) is 4.65. The molecule has 2 aromatic carbocycles. The van der Waals surface area contributed by atoms with Gasteiger partial charge in [-0.3, -0.25) is 15.0 Å². The van der Waals surface area contributed by atoms with Crippen LogP contribution in [0.15, 0.2) is 42.5 Å². The summed E-state index contributed by atoms with van der Waals surface area (Å²) < 4.78 is 40.4. The SMILES string of the molecule is CC1CCN(Cc2ccc3nc(NC(=O)c4ccccc4C(F)(F)F)sc3c2)CC1. The van der Waals surface area contributed by atoms with E-state index < -0.39 is 23.2 Å². The number of rotatable bonds is 4. The number of likely N-dealkylation sites (tertiary alicyclic amines) is 1. The molecule has 1 N–H and O–H groups in total. The second-order valence-electron chi connectivity index (χ2n) is 7.78. The second-order valence-corrected chi connectivity index (χ2v) is 8.81. The first-order valence-corrected chi connectivity index (χ1v) is 10.7. The van der Waals surface area contributed by atoms with Crippen LogP contribution in [0.5, 0.6) is 0 Å². The fraction of sp³-hybridized carbons (Fsp3) is 0.364. The average molecular weight is 433 g/mol. The minimum atomic E-state index is -4.59. The topological polar surface area (TPSA) is 45.2 Å². The van der Waals surface area contributed by atoms with Gasteiger partial charge in [-0.05, 0) is 61.7 Å². The highest BCUT2D eigenvalue weighted by Gasteiger charge is 2.35. The Bertz CT molecular complexity index is 1060. The molecule has 8 heteroatoms. The largest absolute Gasteiger partial charge is 0.417 e. The number of carbonyl (C=O) groups excluding carboxylic acids is 1. The minimum absolute atomic E-state index is 0.288. The van der Waals surface area contributed by atoms with E-state index in [1.54, 1.807) is 0 Å². The summed E-state index contributed by atoms with van der Waals surface area (Å²) in [5, 5.41) is 2.81. The zero-order valence-electron chi connectivity index (χ0n) is 16.5. The molecule has 1 aromatic heterocycles. The third-order valence-corrected chi connectivity index (χ3v) is 6.37. The van der Waals surface area contributed by atoms with E-state index in [9.17, 15) is 18.0 Å². The van der Waals surface area contributed by atoms with Gasteiger partial charge in [-0.25, -0.2) is 4.98 Å². The number of nitrogens with one attached hydrogen (secondary N) is 1. The number of thiazole rings is 1. The highest BCUT2D eigenvalue weighted by atomic mass is 32.1. The number of aromatic nitrogens is 1. The molecule has 1 amide bonds. The van der Waals surface area contributed by atoms with Gasteiger partial charge >= 0.3 is 6.18 Å². The van der Waals surface area contributed by atoms with Crippen molar-refractivity contribution < 1.29 is 18.0 Å². The molecule has 0 radical (unpaired) electrons. The standard InChI is InChI=1S/C22H22F3N3OS/c1-14-8-10-28(11-9-14)13-15-6-7-18-19(12-15)30-21(26-18)27-20(29)16-4-2-3-5-17(16)22(23,24)25/h2-7,12,14H,8-11,13H2,1H3,(H,26,27,29). The molecule has 1 fully saturated rings. The number of carbonyl (C=O) groups is 1. The highest BCUT2D eigenvalue weighted by molar-refractivity contribution is 7.22. The Morgan fingerprint density at radius 1 is 1.20 bits per heavy atom. The molecule has 3 aromatic rings. The van der Waals surface area contributed by atoms with Gasteiger partial charge in [0, 0.05) is 6.54 Å². The van der Waals surface area contributed by atoms with E-state index >= 15 is 0 Å². The van der Waals surface area contributed by atoms with Crippen LogP contribution in [-0.4, -0.2) is 28.9 Å². The summed E-state index contributed by atoms with van der Waals surface area (Å²) in [6.45, 7) is 5.31. The minimum Gasteiger partial charge on any atom is -0.299 e. The first-order chi connectivity index (χ1) is 14.3. The van der Waals surface area contributed by atoms with Crippen molar-refractivity contribution in [2.75, 3.05) is 18.4 Å². The molecule has 0 bridgehead atoms. The van der Waals surface area contributed by atoms with Crippen LogP contribution in [-0.2, 0) is 12.7 Å². The lowest BCUT2D eigenvalue weighted by Gasteiger charge is -2.30. The Morgan fingerprint density at radius 2 is 1.93 bits per heavy atom. The van der Waals surface area contributed by atoms with Crippen molar-refractivity contribution in [2.24, 2.45) is 5.92 Å². The van der Waals surface area contributed by atoms with Gasteiger partial charge in [0.05, 0.1) is 21.3 Å². The van der Waals surface area contributed by atoms with Gasteiger partial charge in [-0.2, -0.15) is 13.2 Å². The summed E-state index contributed by atoms with van der Waals surface area (Å²) >= 11 is 1.27. The van der Waals surface area contributed by atoms with Gasteiger partial charge in [0.1, 0.15) is 0 Å². The van der Waals surface area contributed by atoms with E-state index in [2.05, 4.69) is 22.1 Å². The van der Waals surface area contributed by atoms with Gasteiger partial charge in [0.15, 0.2) is 5.13 Å². The third-order valence-electron chi connectivity index (χ3n) is 5.43. The van der Waals surface area contributed by atoms with E-state index in [0.717, 1.165) is 41.8 Å². The van der Waals surface area contributed by atoms with Crippen LogP contribution >= 0.6 is 11.3 Å². The fourth-order valence-electron chi connectivity index (χ4n) is 3.69. The molecule has 0 spiro atoms. The molecule has 0 atom stereocenters. The zero-order chi connectivity index (χ0) is 21.3. The molecule has 0 aliphatic carbocycles. The quantitative estimate of drug-likeness (QED) is 0.566. The monoisotopic (exact) mass is 433 g/mol. The highest BCUT2D eigenvalue weighted by Crippen LogP contribution is 2.33. The average Bonchev–Trinajstić information content (AvgIpc) is 3.10. The molecule has 0 saturated carbocycles. The lowest BCUT2D eigenvalue weighted by molar-refractivity contribution is -0.137. The van der Waals surface area contributed by atoms with Crippen LogP contribution in [0.1, 0.15) is 41.3 Å². The Kier molecular flexibility index (Phi) is 5.79. The lowest BCUT2D eigenvalue weighted by atomic mass is 9.99. The van der Waals surface area contributed by atoms with Crippen molar-refractivity contribution in [3.63, 3.8) is 0 Å². The maximum Gasteiger partial charge on any atom is 0.417 e. The van der Waals surface area contributed by atoms with Crippen molar-refractivity contribution in [3.05, 3.63) is 59.2 Å². The number of fused-ring (bicyclic) bond motifs is 1. The Hall–Kier alpha value is -2.45. The number of amides is 1. The summed E-state index contributed by atoms with van der Waals surface area (Å²) in [7, 11) is 0. The van der Waals surface area contributed by atoms with Crippen molar-refractivity contribution in [3.8, 4) is 0 Å². The first kappa shape index (κ1) is 20.8. The molecule has 1 aliphatic rings. The maximum absolute atomic E-state index is 13.2. The molecule has 0 unspecified atom stereocenters. The number of alkyl halides is 3. The lowest BCUT2D eigenvalue weighted by Crippen LogP contribution is -2.32. The molecule has 1 saturated heterocycles. The van der Waals surface area contributed by atoms with Gasteiger partial charge in [0.25, 0.3) is 5.91 Å². The first-order valence-electron chi connectivity index (χ1n) is 9.89. The second kappa shape index (κ2) is 8.35. The van der Waals surface area contributed by atoms with E-state index in [1.165, 1.54) is 47.9 Å². The summed E-state index contributed by atoms with van der Waals surface area (Å²) in [5.74, 6) is -0.0384. The smallest absolute Gasteiger partial charge is 0.299 e. The zero-order valence-corrected chi connectivity index (χ0v) is 17.3. The molecule has 4 rings (SSSR count). The fourth-order valence-corrected chi connectivity index (χ4v) is 4.62. The van der Waals surface area contributed by atoms with Gasteiger partial charge in [0.2, 0.25) is 0 Å². The van der Waals surface area contributed by atoms with Gasteiger partial charge in [-0.15, -0.1) is 0 Å². The van der Waals surface area contributed by atoms with Crippen LogP contribution < -0.4 is 5.32 Å². The van der Waals surface area contributed by atoms with Gasteiger partial charge < -0.3 is 0 Å². The molecule has 30 heavy (non-hydrogen) atoms. The molecule has 1 aliphatic heterocycles. The molecule has 158 valence electrons. The van der Waals surface area contributed by atoms with Crippen molar-refractivity contribution in [1.29, 1.82) is 0 Å². The number of nitrogens with zero attached hydrogens (tertiary/aromatic N) is 2. The van der Waals surface area contributed by atoms with E-state index in [0.29, 0.717) is 0 Å². The van der Waals surface area contributed by atoms with Crippen molar-refractivity contribution in [1.82, 2.24) is 9.88 Å². The normalized spacial score (nSPS) is 16.1. The van der Waals surface area contributed by atoms with Crippen molar-refractivity contribution >= 4 is 32.6 Å². The van der Waals surface area contributed by atoms with Crippen LogP contribution in [0.2, 0.25) is 0 Å². The van der Waals surface area contributed by atoms with Crippen LogP contribution in [0.25, 0.3) is 10.2 Å².